The number of ether oxygens (including phenoxy) is 1. The van der Waals surface area contributed by atoms with Crippen LogP contribution in [0.1, 0.15) is 27.5 Å². The summed E-state index contributed by atoms with van der Waals surface area (Å²) in [6.45, 7) is 1.08. The molecule has 1 unspecified atom stereocenters. The molecule has 1 atom stereocenters. The van der Waals surface area contributed by atoms with Gasteiger partial charge in [0.25, 0.3) is 0 Å². The number of hydrogen-bond acceptors (Lipinski definition) is 5. The van der Waals surface area contributed by atoms with Gasteiger partial charge in [0.05, 0.1) is 17.6 Å². The minimum atomic E-state index is -3.65. The highest BCUT2D eigenvalue weighted by atomic mass is 32.2. The van der Waals surface area contributed by atoms with Crippen molar-refractivity contribution in [2.45, 2.75) is 17.4 Å². The summed E-state index contributed by atoms with van der Waals surface area (Å²) in [5.41, 5.74) is 2.68. The average Bonchev–Trinajstić information content (AvgIpc) is 2.66. The minimum absolute atomic E-state index is 0.0610. The fourth-order valence-electron chi connectivity index (χ4n) is 2.94. The van der Waals surface area contributed by atoms with Crippen LogP contribution in [0.25, 0.3) is 0 Å². The molecule has 2 aromatic carbocycles. The predicted molar refractivity (Wildman–Crippen MR) is 93.9 cm³/mol. The third kappa shape index (κ3) is 3.89. The molecule has 0 radical (unpaired) electrons. The monoisotopic (exact) mass is 360 g/mol. The summed E-state index contributed by atoms with van der Waals surface area (Å²) in [7, 11) is -2.37. The fraction of sp³-hybridized carbons (Fsp3) is 0.278. The number of methoxy groups -OCH3 is 1. The Kier molecular flexibility index (Phi) is 5.17. The number of rotatable bonds is 5. The Labute approximate surface area is 147 Å². The SMILES string of the molecule is COC(=O)c1ccc(S(=O)(=O)NCC2NCCc3ccccc32)cc1. The van der Waals surface area contributed by atoms with E-state index in [4.69, 9.17) is 0 Å². The van der Waals surface area contributed by atoms with E-state index < -0.39 is 16.0 Å². The van der Waals surface area contributed by atoms with E-state index in [1.54, 1.807) is 0 Å². The van der Waals surface area contributed by atoms with Gasteiger partial charge in [-0.05, 0) is 48.4 Å². The van der Waals surface area contributed by atoms with Gasteiger partial charge in [-0.3, -0.25) is 0 Å². The molecule has 0 saturated carbocycles. The highest BCUT2D eigenvalue weighted by Gasteiger charge is 2.22. The Morgan fingerprint density at radius 1 is 1.20 bits per heavy atom. The second kappa shape index (κ2) is 7.35. The van der Waals surface area contributed by atoms with E-state index >= 15 is 0 Å². The van der Waals surface area contributed by atoms with E-state index in [-0.39, 0.29) is 17.5 Å². The molecule has 0 aliphatic carbocycles. The summed E-state index contributed by atoms with van der Waals surface area (Å²) < 4.78 is 32.2. The van der Waals surface area contributed by atoms with Gasteiger partial charge in [0, 0.05) is 12.6 Å². The number of benzene rings is 2. The van der Waals surface area contributed by atoms with Crippen LogP contribution < -0.4 is 10.0 Å². The number of esters is 1. The molecule has 132 valence electrons. The van der Waals surface area contributed by atoms with Gasteiger partial charge in [0.15, 0.2) is 0 Å². The van der Waals surface area contributed by atoms with Crippen molar-refractivity contribution in [2.24, 2.45) is 0 Å². The molecule has 7 heteroatoms. The lowest BCUT2D eigenvalue weighted by atomic mass is 9.95. The lowest BCUT2D eigenvalue weighted by molar-refractivity contribution is 0.0600. The number of hydrogen-bond donors (Lipinski definition) is 2. The molecule has 0 aromatic heterocycles. The van der Waals surface area contributed by atoms with Crippen LogP contribution in [-0.4, -0.2) is 34.6 Å². The minimum Gasteiger partial charge on any atom is -0.465 e. The molecule has 2 N–H and O–H groups in total. The van der Waals surface area contributed by atoms with Crippen molar-refractivity contribution in [3.05, 3.63) is 65.2 Å². The Hall–Kier alpha value is -2.22. The van der Waals surface area contributed by atoms with Gasteiger partial charge < -0.3 is 10.1 Å². The lowest BCUT2D eigenvalue weighted by Gasteiger charge is -2.27. The molecule has 0 bridgehead atoms. The Morgan fingerprint density at radius 2 is 1.92 bits per heavy atom. The van der Waals surface area contributed by atoms with E-state index in [0.717, 1.165) is 18.5 Å². The highest BCUT2D eigenvalue weighted by Crippen LogP contribution is 2.22. The molecule has 2 aromatic rings. The third-order valence-corrected chi connectivity index (χ3v) is 5.72. The molecule has 3 rings (SSSR count). The molecule has 25 heavy (non-hydrogen) atoms. The van der Waals surface area contributed by atoms with Gasteiger partial charge in [0.1, 0.15) is 0 Å². The molecule has 1 heterocycles. The Morgan fingerprint density at radius 3 is 2.64 bits per heavy atom. The molecule has 6 nitrogen and oxygen atoms in total. The predicted octanol–water partition coefficient (Wildman–Crippen LogP) is 1.64. The maximum atomic E-state index is 12.5. The summed E-state index contributed by atoms with van der Waals surface area (Å²) in [4.78, 5) is 11.5. The Balaban J connectivity index is 1.71. The van der Waals surface area contributed by atoms with Crippen LogP contribution in [0, 0.1) is 0 Å². The summed E-state index contributed by atoms with van der Waals surface area (Å²) in [6, 6.07) is 13.7. The first-order valence-electron chi connectivity index (χ1n) is 8.00. The number of carbonyl (C=O) groups excluding carboxylic acids is 1. The quantitative estimate of drug-likeness (QED) is 0.792. The summed E-state index contributed by atoms with van der Waals surface area (Å²) in [5.74, 6) is -0.500. The first-order valence-corrected chi connectivity index (χ1v) is 9.49. The first-order chi connectivity index (χ1) is 12.0. The number of fused-ring (bicyclic) bond motifs is 1. The zero-order chi connectivity index (χ0) is 17.9. The van der Waals surface area contributed by atoms with Gasteiger partial charge in [-0.1, -0.05) is 24.3 Å². The average molecular weight is 360 g/mol. The van der Waals surface area contributed by atoms with Gasteiger partial charge in [-0.25, -0.2) is 17.9 Å². The van der Waals surface area contributed by atoms with E-state index in [1.807, 2.05) is 18.2 Å². The van der Waals surface area contributed by atoms with E-state index in [1.165, 1.54) is 36.9 Å². The van der Waals surface area contributed by atoms with Gasteiger partial charge in [-0.15, -0.1) is 0 Å². The van der Waals surface area contributed by atoms with Crippen molar-refractivity contribution in [3.8, 4) is 0 Å². The number of carbonyl (C=O) groups is 1. The molecular formula is C18H20N2O4S. The van der Waals surface area contributed by atoms with Crippen LogP contribution in [0.5, 0.6) is 0 Å². The van der Waals surface area contributed by atoms with Crippen LogP contribution >= 0.6 is 0 Å². The van der Waals surface area contributed by atoms with Crippen LogP contribution in [0.2, 0.25) is 0 Å². The van der Waals surface area contributed by atoms with Crippen LogP contribution in [-0.2, 0) is 21.2 Å². The maximum absolute atomic E-state index is 12.5. The normalized spacial score (nSPS) is 16.9. The van der Waals surface area contributed by atoms with Crippen LogP contribution in [0.3, 0.4) is 0 Å². The lowest BCUT2D eigenvalue weighted by Crippen LogP contribution is -2.38. The Bertz CT molecular complexity index is 863. The van der Waals surface area contributed by atoms with Gasteiger partial charge >= 0.3 is 5.97 Å². The number of sulfonamides is 1. The van der Waals surface area contributed by atoms with Crippen molar-refractivity contribution in [3.63, 3.8) is 0 Å². The second-order valence-electron chi connectivity index (χ2n) is 5.82. The summed E-state index contributed by atoms with van der Waals surface area (Å²) in [6.07, 6.45) is 0.939. The highest BCUT2D eigenvalue weighted by molar-refractivity contribution is 7.89. The molecule has 1 aliphatic heterocycles. The smallest absolute Gasteiger partial charge is 0.337 e. The van der Waals surface area contributed by atoms with Gasteiger partial charge in [-0.2, -0.15) is 0 Å². The summed E-state index contributed by atoms with van der Waals surface area (Å²) in [5, 5.41) is 3.34. The molecular weight excluding hydrogens is 340 g/mol. The van der Waals surface area contributed by atoms with Crippen molar-refractivity contribution < 1.29 is 17.9 Å². The summed E-state index contributed by atoms with van der Waals surface area (Å²) >= 11 is 0. The zero-order valence-electron chi connectivity index (χ0n) is 13.9. The molecule has 1 aliphatic rings. The van der Waals surface area contributed by atoms with Crippen LogP contribution in [0.4, 0.5) is 0 Å². The van der Waals surface area contributed by atoms with Gasteiger partial charge in [0.2, 0.25) is 10.0 Å². The third-order valence-electron chi connectivity index (χ3n) is 4.28. The maximum Gasteiger partial charge on any atom is 0.337 e. The first kappa shape index (κ1) is 17.6. The molecule has 0 saturated heterocycles. The van der Waals surface area contributed by atoms with Crippen LogP contribution in [0.15, 0.2) is 53.4 Å². The van der Waals surface area contributed by atoms with E-state index in [9.17, 15) is 13.2 Å². The molecule has 0 spiro atoms. The van der Waals surface area contributed by atoms with Crippen molar-refractivity contribution in [2.75, 3.05) is 20.2 Å². The number of nitrogens with one attached hydrogen (secondary N) is 2. The van der Waals surface area contributed by atoms with E-state index in [0.29, 0.717) is 5.56 Å². The van der Waals surface area contributed by atoms with Crippen molar-refractivity contribution in [1.82, 2.24) is 10.0 Å². The topological polar surface area (TPSA) is 84.5 Å². The molecule has 0 amide bonds. The fourth-order valence-corrected chi connectivity index (χ4v) is 3.99. The van der Waals surface area contributed by atoms with E-state index in [2.05, 4.69) is 20.8 Å². The van der Waals surface area contributed by atoms with Crippen molar-refractivity contribution in [1.29, 1.82) is 0 Å². The largest absolute Gasteiger partial charge is 0.465 e. The molecule has 0 fully saturated rings. The zero-order valence-corrected chi connectivity index (χ0v) is 14.7. The van der Waals surface area contributed by atoms with Crippen molar-refractivity contribution >= 4 is 16.0 Å². The standard InChI is InChI=1S/C18H20N2O4S/c1-24-18(21)14-6-8-15(9-7-14)25(22,23)20-12-17-16-5-3-2-4-13(16)10-11-19-17/h2-9,17,19-20H,10-12H2,1H3. The second-order valence-corrected chi connectivity index (χ2v) is 7.59.